The predicted octanol–water partition coefficient (Wildman–Crippen LogP) is 2.04. The van der Waals surface area contributed by atoms with Crippen molar-refractivity contribution in [3.8, 4) is 0 Å². The van der Waals surface area contributed by atoms with Gasteiger partial charge in [0.1, 0.15) is 0 Å². The summed E-state index contributed by atoms with van der Waals surface area (Å²) in [5.74, 6) is 5.61. The molecule has 17 heavy (non-hydrogen) atoms. The van der Waals surface area contributed by atoms with Crippen molar-refractivity contribution >= 4 is 10.9 Å². The number of nitrogens with one attached hydrogen (secondary N) is 1. The van der Waals surface area contributed by atoms with E-state index in [1.807, 2.05) is 29.9 Å². The van der Waals surface area contributed by atoms with E-state index in [4.69, 9.17) is 5.84 Å². The molecule has 0 aliphatic rings. The number of hydrogen-bond acceptors (Lipinski definition) is 3. The van der Waals surface area contributed by atoms with Gasteiger partial charge in [0, 0.05) is 12.4 Å². The molecule has 0 saturated heterocycles. The maximum absolute atomic E-state index is 5.61. The van der Waals surface area contributed by atoms with Crippen LogP contribution in [0.1, 0.15) is 24.6 Å². The first-order chi connectivity index (χ1) is 8.27. The molecule has 0 saturated carbocycles. The second-order valence-electron chi connectivity index (χ2n) is 4.11. The molecule has 1 heterocycles. The van der Waals surface area contributed by atoms with Crippen LogP contribution in [0.15, 0.2) is 36.9 Å². The Bertz CT molecular complexity index is 515. The van der Waals surface area contributed by atoms with E-state index in [0.29, 0.717) is 0 Å². The fraction of sp³-hybridized carbons (Fsp3) is 0.308. The van der Waals surface area contributed by atoms with E-state index in [2.05, 4.69) is 29.2 Å². The molecule has 3 N–H and O–H groups in total. The fourth-order valence-corrected chi connectivity index (χ4v) is 2.08. The molecule has 0 aliphatic carbocycles. The zero-order chi connectivity index (χ0) is 12.3. The number of fused-ring (bicyclic) bond motifs is 1. The van der Waals surface area contributed by atoms with Crippen LogP contribution >= 0.6 is 0 Å². The number of benzene rings is 1. The quantitative estimate of drug-likeness (QED) is 0.469. The van der Waals surface area contributed by atoms with Gasteiger partial charge in [-0.3, -0.25) is 16.0 Å². The van der Waals surface area contributed by atoms with E-state index >= 15 is 0 Å². The molecular weight excluding hydrogens is 212 g/mol. The number of nitrogens with zero attached hydrogens (tertiary/aromatic N) is 2. The molecule has 4 nitrogen and oxygen atoms in total. The maximum atomic E-state index is 5.61. The minimum Gasteiger partial charge on any atom is -0.271 e. The van der Waals surface area contributed by atoms with Gasteiger partial charge in [-0.25, -0.2) is 0 Å². The minimum absolute atomic E-state index is 0.0686. The van der Waals surface area contributed by atoms with Crippen molar-refractivity contribution in [2.75, 3.05) is 0 Å². The zero-order valence-corrected chi connectivity index (χ0v) is 10.1. The molecule has 1 atom stereocenters. The monoisotopic (exact) mass is 230 g/mol. The standard InChI is InChI=1S/C13H18N4/c1-3-4-8-11(15-14)13-10-7-5-6-9-12(10)17(2)16-13/h3,5-7,9,11,15H,1,4,8,14H2,2H3. The van der Waals surface area contributed by atoms with Gasteiger partial charge in [0.05, 0.1) is 17.3 Å². The van der Waals surface area contributed by atoms with Crippen LogP contribution in [-0.2, 0) is 7.05 Å². The van der Waals surface area contributed by atoms with Gasteiger partial charge in [-0.2, -0.15) is 5.10 Å². The summed E-state index contributed by atoms with van der Waals surface area (Å²) in [7, 11) is 1.95. The molecule has 1 unspecified atom stereocenters. The van der Waals surface area contributed by atoms with Gasteiger partial charge >= 0.3 is 0 Å². The molecule has 0 radical (unpaired) electrons. The van der Waals surface area contributed by atoms with Crippen LogP contribution in [-0.4, -0.2) is 9.78 Å². The highest BCUT2D eigenvalue weighted by Crippen LogP contribution is 2.25. The van der Waals surface area contributed by atoms with Crippen LogP contribution in [0.5, 0.6) is 0 Å². The fourth-order valence-electron chi connectivity index (χ4n) is 2.08. The van der Waals surface area contributed by atoms with Crippen molar-refractivity contribution in [1.82, 2.24) is 15.2 Å². The van der Waals surface area contributed by atoms with Crippen LogP contribution in [0, 0.1) is 0 Å². The number of hydrazine groups is 1. The van der Waals surface area contributed by atoms with E-state index in [1.54, 1.807) is 0 Å². The summed E-state index contributed by atoms with van der Waals surface area (Å²) in [5.41, 5.74) is 4.97. The lowest BCUT2D eigenvalue weighted by Crippen LogP contribution is -2.28. The average Bonchev–Trinajstić information content (AvgIpc) is 2.69. The van der Waals surface area contributed by atoms with Crippen LogP contribution in [0.25, 0.3) is 10.9 Å². The summed E-state index contributed by atoms with van der Waals surface area (Å²) in [4.78, 5) is 0. The van der Waals surface area contributed by atoms with Crippen LogP contribution < -0.4 is 11.3 Å². The molecule has 2 rings (SSSR count). The lowest BCUT2D eigenvalue weighted by atomic mass is 10.1. The van der Waals surface area contributed by atoms with Crippen LogP contribution in [0.2, 0.25) is 0 Å². The van der Waals surface area contributed by atoms with E-state index in [-0.39, 0.29) is 6.04 Å². The molecule has 90 valence electrons. The van der Waals surface area contributed by atoms with Crippen molar-refractivity contribution in [2.24, 2.45) is 12.9 Å². The van der Waals surface area contributed by atoms with Crippen LogP contribution in [0.3, 0.4) is 0 Å². The van der Waals surface area contributed by atoms with Gasteiger partial charge < -0.3 is 0 Å². The Balaban J connectivity index is 2.42. The average molecular weight is 230 g/mol. The number of para-hydroxylation sites is 1. The Kier molecular flexibility index (Phi) is 3.56. The van der Waals surface area contributed by atoms with Gasteiger partial charge in [-0.15, -0.1) is 6.58 Å². The SMILES string of the molecule is C=CCCC(NN)c1nn(C)c2ccccc12. The van der Waals surface area contributed by atoms with E-state index in [9.17, 15) is 0 Å². The Morgan fingerprint density at radius 2 is 2.29 bits per heavy atom. The smallest absolute Gasteiger partial charge is 0.0886 e. The molecule has 0 amide bonds. The first-order valence-corrected chi connectivity index (χ1v) is 5.76. The van der Waals surface area contributed by atoms with Crippen molar-refractivity contribution in [3.63, 3.8) is 0 Å². The molecule has 0 fully saturated rings. The third kappa shape index (κ3) is 2.23. The number of allylic oxidation sites excluding steroid dienone is 1. The van der Waals surface area contributed by atoms with Crippen molar-refractivity contribution in [3.05, 3.63) is 42.6 Å². The Morgan fingerprint density at radius 3 is 3.00 bits per heavy atom. The number of hydrogen-bond donors (Lipinski definition) is 2. The summed E-state index contributed by atoms with van der Waals surface area (Å²) >= 11 is 0. The lowest BCUT2D eigenvalue weighted by molar-refractivity contribution is 0.504. The summed E-state index contributed by atoms with van der Waals surface area (Å²) in [6, 6.07) is 8.25. The Labute approximate surface area is 101 Å². The first kappa shape index (κ1) is 11.8. The molecule has 0 aliphatic heterocycles. The van der Waals surface area contributed by atoms with Crippen molar-refractivity contribution in [1.29, 1.82) is 0 Å². The Hall–Kier alpha value is -1.65. The lowest BCUT2D eigenvalue weighted by Gasteiger charge is -2.12. The van der Waals surface area contributed by atoms with E-state index in [1.165, 1.54) is 0 Å². The number of nitrogens with two attached hydrogens (primary N) is 1. The number of aryl methyl sites for hydroxylation is 1. The van der Waals surface area contributed by atoms with E-state index < -0.39 is 0 Å². The largest absolute Gasteiger partial charge is 0.271 e. The number of aromatic nitrogens is 2. The zero-order valence-electron chi connectivity index (χ0n) is 10.1. The highest BCUT2D eigenvalue weighted by atomic mass is 15.3. The topological polar surface area (TPSA) is 55.9 Å². The minimum atomic E-state index is 0.0686. The highest BCUT2D eigenvalue weighted by Gasteiger charge is 2.16. The normalized spacial score (nSPS) is 12.8. The Morgan fingerprint density at radius 1 is 1.53 bits per heavy atom. The van der Waals surface area contributed by atoms with Crippen LogP contribution in [0.4, 0.5) is 0 Å². The summed E-state index contributed by atoms with van der Waals surface area (Å²) in [5, 5.41) is 5.71. The summed E-state index contributed by atoms with van der Waals surface area (Å²) in [6.07, 6.45) is 3.72. The third-order valence-electron chi connectivity index (χ3n) is 2.98. The summed E-state index contributed by atoms with van der Waals surface area (Å²) < 4.78 is 1.89. The van der Waals surface area contributed by atoms with Gasteiger partial charge in [0.2, 0.25) is 0 Å². The van der Waals surface area contributed by atoms with Gasteiger partial charge in [0.25, 0.3) is 0 Å². The van der Waals surface area contributed by atoms with Gasteiger partial charge in [-0.05, 0) is 18.9 Å². The van der Waals surface area contributed by atoms with Gasteiger partial charge in [0.15, 0.2) is 0 Å². The van der Waals surface area contributed by atoms with Gasteiger partial charge in [-0.1, -0.05) is 24.3 Å². The number of rotatable bonds is 5. The second-order valence-corrected chi connectivity index (χ2v) is 4.11. The second kappa shape index (κ2) is 5.12. The molecule has 0 spiro atoms. The maximum Gasteiger partial charge on any atom is 0.0886 e. The molecule has 2 aromatic rings. The first-order valence-electron chi connectivity index (χ1n) is 5.76. The predicted molar refractivity (Wildman–Crippen MR) is 70.2 cm³/mol. The van der Waals surface area contributed by atoms with Crippen molar-refractivity contribution in [2.45, 2.75) is 18.9 Å². The van der Waals surface area contributed by atoms with E-state index in [0.717, 1.165) is 29.4 Å². The molecule has 1 aromatic carbocycles. The third-order valence-corrected chi connectivity index (χ3v) is 2.98. The molecule has 4 heteroatoms. The highest BCUT2D eigenvalue weighted by molar-refractivity contribution is 5.82. The molecule has 1 aromatic heterocycles. The molecule has 0 bridgehead atoms. The van der Waals surface area contributed by atoms with Crippen molar-refractivity contribution < 1.29 is 0 Å². The summed E-state index contributed by atoms with van der Waals surface area (Å²) in [6.45, 7) is 3.73. The molecular formula is C13H18N4.